The average molecular weight is 298 g/mol. The van der Waals surface area contributed by atoms with Crippen LogP contribution in [0.1, 0.15) is 31.9 Å². The molecule has 0 saturated heterocycles. The van der Waals surface area contributed by atoms with E-state index in [9.17, 15) is 4.79 Å². The van der Waals surface area contributed by atoms with Gasteiger partial charge in [0.2, 0.25) is 0 Å². The summed E-state index contributed by atoms with van der Waals surface area (Å²) in [4.78, 5) is 13.4. The van der Waals surface area contributed by atoms with Crippen LogP contribution in [-0.2, 0) is 6.54 Å². The normalized spacial score (nSPS) is 9.86. The lowest BCUT2D eigenvalue weighted by Crippen LogP contribution is -2.24. The quantitative estimate of drug-likeness (QED) is 0.856. The van der Waals surface area contributed by atoms with Crippen LogP contribution in [-0.4, -0.2) is 12.5 Å². The standard InChI is InChI=1S/C17H18N2OS/c1-12-5-3-6-13(2)16(12)17(20)19-10-15-9-14(11-21-15)7-4-8-18/h3,5-6,9,11H,8,10,18H2,1-2H3,(H,19,20). The minimum atomic E-state index is -0.0337. The van der Waals surface area contributed by atoms with E-state index in [1.807, 2.05) is 43.5 Å². The van der Waals surface area contributed by atoms with E-state index in [1.54, 1.807) is 11.3 Å². The number of nitrogens with two attached hydrogens (primary N) is 1. The first-order valence-electron chi connectivity index (χ1n) is 6.72. The molecule has 1 aromatic heterocycles. The Balaban J connectivity index is 2.03. The summed E-state index contributed by atoms with van der Waals surface area (Å²) >= 11 is 1.59. The third-order valence-electron chi connectivity index (χ3n) is 3.12. The predicted octanol–water partition coefficient (Wildman–Crippen LogP) is 2.61. The zero-order valence-corrected chi connectivity index (χ0v) is 13.0. The third kappa shape index (κ3) is 3.94. The molecule has 2 aromatic rings. The second-order valence-electron chi connectivity index (χ2n) is 4.76. The second kappa shape index (κ2) is 7.07. The molecular formula is C17H18N2OS. The number of hydrogen-bond donors (Lipinski definition) is 2. The first-order valence-corrected chi connectivity index (χ1v) is 7.60. The van der Waals surface area contributed by atoms with Crippen LogP contribution in [0.3, 0.4) is 0 Å². The smallest absolute Gasteiger partial charge is 0.252 e. The molecule has 1 amide bonds. The molecule has 0 atom stereocenters. The van der Waals surface area contributed by atoms with Crippen LogP contribution in [0.5, 0.6) is 0 Å². The molecule has 21 heavy (non-hydrogen) atoms. The van der Waals surface area contributed by atoms with Crippen LogP contribution < -0.4 is 11.1 Å². The van der Waals surface area contributed by atoms with Crippen molar-refractivity contribution in [3.8, 4) is 11.8 Å². The average Bonchev–Trinajstić information content (AvgIpc) is 2.90. The summed E-state index contributed by atoms with van der Waals surface area (Å²) in [7, 11) is 0. The molecule has 0 spiro atoms. The topological polar surface area (TPSA) is 55.1 Å². The Morgan fingerprint density at radius 1 is 1.33 bits per heavy atom. The number of rotatable bonds is 3. The van der Waals surface area contributed by atoms with Gasteiger partial charge in [0, 0.05) is 21.4 Å². The van der Waals surface area contributed by atoms with E-state index in [0.29, 0.717) is 13.1 Å². The number of carbonyl (C=O) groups excluding carboxylic acids is 1. The molecule has 0 saturated carbocycles. The van der Waals surface area contributed by atoms with Crippen LogP contribution in [0.4, 0.5) is 0 Å². The number of aryl methyl sites for hydroxylation is 2. The number of benzene rings is 1. The van der Waals surface area contributed by atoms with E-state index in [1.165, 1.54) is 0 Å². The Kier molecular flexibility index (Phi) is 5.15. The van der Waals surface area contributed by atoms with E-state index in [2.05, 4.69) is 17.2 Å². The third-order valence-corrected chi connectivity index (χ3v) is 4.06. The lowest BCUT2D eigenvalue weighted by atomic mass is 10.0. The summed E-state index contributed by atoms with van der Waals surface area (Å²) in [6, 6.07) is 7.85. The van der Waals surface area contributed by atoms with E-state index in [-0.39, 0.29) is 5.91 Å². The fourth-order valence-corrected chi connectivity index (χ4v) is 2.88. The Bertz CT molecular complexity index is 687. The highest BCUT2D eigenvalue weighted by atomic mass is 32.1. The SMILES string of the molecule is Cc1cccc(C)c1C(=O)NCc1cc(C#CCN)cs1. The highest BCUT2D eigenvalue weighted by Gasteiger charge is 2.11. The van der Waals surface area contributed by atoms with Gasteiger partial charge in [0.05, 0.1) is 13.1 Å². The molecule has 0 aliphatic heterocycles. The van der Waals surface area contributed by atoms with Gasteiger partial charge in [0.15, 0.2) is 0 Å². The molecule has 0 aliphatic rings. The van der Waals surface area contributed by atoms with E-state index < -0.39 is 0 Å². The number of carbonyl (C=O) groups is 1. The highest BCUT2D eigenvalue weighted by Crippen LogP contribution is 2.16. The molecule has 108 valence electrons. The van der Waals surface area contributed by atoms with Crippen LogP contribution in [0, 0.1) is 25.7 Å². The summed E-state index contributed by atoms with van der Waals surface area (Å²) in [6.45, 7) is 4.77. The Labute approximate surface area is 129 Å². The van der Waals surface area contributed by atoms with Gasteiger partial charge in [-0.3, -0.25) is 4.79 Å². The fraction of sp³-hybridized carbons (Fsp3) is 0.235. The molecule has 2 rings (SSSR count). The van der Waals surface area contributed by atoms with Crippen molar-refractivity contribution in [3.05, 3.63) is 56.8 Å². The zero-order valence-electron chi connectivity index (χ0n) is 12.2. The molecule has 3 N–H and O–H groups in total. The number of amides is 1. The first kappa shape index (κ1) is 15.3. The summed E-state index contributed by atoms with van der Waals surface area (Å²) in [5.74, 6) is 5.77. The summed E-state index contributed by atoms with van der Waals surface area (Å²) < 4.78 is 0. The van der Waals surface area contributed by atoms with E-state index in [4.69, 9.17) is 5.73 Å². The van der Waals surface area contributed by atoms with Crippen molar-refractivity contribution < 1.29 is 4.79 Å². The Hall–Kier alpha value is -2.09. The first-order chi connectivity index (χ1) is 10.1. The maximum atomic E-state index is 12.3. The molecule has 1 heterocycles. The van der Waals surface area contributed by atoms with E-state index >= 15 is 0 Å². The minimum Gasteiger partial charge on any atom is -0.347 e. The molecule has 0 bridgehead atoms. The number of nitrogens with one attached hydrogen (secondary N) is 1. The molecule has 0 unspecified atom stereocenters. The van der Waals surface area contributed by atoms with Gasteiger partial charge >= 0.3 is 0 Å². The van der Waals surface area contributed by atoms with Gasteiger partial charge in [-0.25, -0.2) is 0 Å². The van der Waals surface area contributed by atoms with Crippen molar-refractivity contribution in [1.82, 2.24) is 5.32 Å². The predicted molar refractivity (Wildman–Crippen MR) is 87.3 cm³/mol. The van der Waals surface area contributed by atoms with Gasteiger partial charge < -0.3 is 11.1 Å². The second-order valence-corrected chi connectivity index (χ2v) is 5.75. The highest BCUT2D eigenvalue weighted by molar-refractivity contribution is 7.10. The van der Waals surface area contributed by atoms with Crippen molar-refractivity contribution in [2.45, 2.75) is 20.4 Å². The maximum Gasteiger partial charge on any atom is 0.252 e. The van der Waals surface area contributed by atoms with Gasteiger partial charge in [-0.15, -0.1) is 11.3 Å². The van der Waals surface area contributed by atoms with Gasteiger partial charge in [0.25, 0.3) is 5.91 Å². The molecular weight excluding hydrogens is 280 g/mol. The van der Waals surface area contributed by atoms with Crippen molar-refractivity contribution in [1.29, 1.82) is 0 Å². The van der Waals surface area contributed by atoms with Crippen molar-refractivity contribution in [3.63, 3.8) is 0 Å². The lowest BCUT2D eigenvalue weighted by Gasteiger charge is -2.09. The largest absolute Gasteiger partial charge is 0.347 e. The molecule has 0 radical (unpaired) electrons. The molecule has 4 heteroatoms. The van der Waals surface area contributed by atoms with Gasteiger partial charge in [-0.05, 0) is 31.0 Å². The van der Waals surface area contributed by atoms with Gasteiger partial charge in [-0.1, -0.05) is 30.0 Å². The Morgan fingerprint density at radius 3 is 2.71 bits per heavy atom. The summed E-state index contributed by atoms with van der Waals surface area (Å²) in [6.07, 6.45) is 0. The van der Waals surface area contributed by atoms with Crippen LogP contribution in [0.15, 0.2) is 29.6 Å². The zero-order chi connectivity index (χ0) is 15.2. The van der Waals surface area contributed by atoms with Crippen molar-refractivity contribution >= 4 is 17.2 Å². The van der Waals surface area contributed by atoms with Crippen LogP contribution >= 0.6 is 11.3 Å². The van der Waals surface area contributed by atoms with Crippen molar-refractivity contribution in [2.24, 2.45) is 5.73 Å². The van der Waals surface area contributed by atoms with Gasteiger partial charge in [-0.2, -0.15) is 0 Å². The molecule has 0 fully saturated rings. The Morgan fingerprint density at radius 2 is 2.05 bits per heavy atom. The van der Waals surface area contributed by atoms with E-state index in [0.717, 1.165) is 27.1 Å². The van der Waals surface area contributed by atoms with Crippen molar-refractivity contribution in [2.75, 3.05) is 6.54 Å². The minimum absolute atomic E-state index is 0.0337. The van der Waals surface area contributed by atoms with Crippen LogP contribution in [0.25, 0.3) is 0 Å². The monoisotopic (exact) mass is 298 g/mol. The fourth-order valence-electron chi connectivity index (χ4n) is 2.12. The summed E-state index contributed by atoms with van der Waals surface area (Å²) in [5.41, 5.74) is 9.04. The number of thiophene rings is 1. The maximum absolute atomic E-state index is 12.3. The lowest BCUT2D eigenvalue weighted by molar-refractivity contribution is 0.0950. The van der Waals surface area contributed by atoms with Crippen LogP contribution in [0.2, 0.25) is 0 Å². The number of hydrogen-bond acceptors (Lipinski definition) is 3. The van der Waals surface area contributed by atoms with Gasteiger partial charge in [0.1, 0.15) is 0 Å². The molecule has 0 aliphatic carbocycles. The summed E-state index contributed by atoms with van der Waals surface area (Å²) in [5, 5.41) is 4.94. The molecule has 1 aromatic carbocycles. The molecule has 3 nitrogen and oxygen atoms in total.